The molecule has 2 aromatic rings. The minimum Gasteiger partial charge on any atom is -0.459 e. The summed E-state index contributed by atoms with van der Waals surface area (Å²) in [5, 5.41) is 10.3. The van der Waals surface area contributed by atoms with Gasteiger partial charge < -0.3 is 14.4 Å². The van der Waals surface area contributed by atoms with Gasteiger partial charge >= 0.3 is 5.97 Å². The SMILES string of the molecule is O=C(OC1CN2CCC1CC2)[C@@](CO)(c1ccccc1)n1ccnc1. The van der Waals surface area contributed by atoms with E-state index in [1.165, 1.54) is 0 Å². The first-order valence-corrected chi connectivity index (χ1v) is 8.82. The monoisotopic (exact) mass is 341 g/mol. The Morgan fingerprint density at radius 3 is 2.60 bits per heavy atom. The lowest BCUT2D eigenvalue weighted by atomic mass is 9.85. The Hall–Kier alpha value is -2.18. The Kier molecular flexibility index (Phi) is 4.31. The molecule has 3 saturated heterocycles. The molecule has 6 heteroatoms. The third kappa shape index (κ3) is 2.75. The Bertz CT molecular complexity index is 711. The molecular weight excluding hydrogens is 318 g/mol. The Labute approximate surface area is 147 Å². The maximum atomic E-state index is 13.3. The van der Waals surface area contributed by atoms with E-state index in [1.54, 1.807) is 23.3 Å². The number of carbonyl (C=O) groups excluding carboxylic acids is 1. The minimum atomic E-state index is -1.30. The highest BCUT2D eigenvalue weighted by Crippen LogP contribution is 2.33. The maximum Gasteiger partial charge on any atom is 0.339 e. The topological polar surface area (TPSA) is 67.6 Å². The van der Waals surface area contributed by atoms with Crippen LogP contribution in [0.2, 0.25) is 0 Å². The van der Waals surface area contributed by atoms with E-state index in [-0.39, 0.29) is 12.7 Å². The summed E-state index contributed by atoms with van der Waals surface area (Å²) in [5.41, 5.74) is -0.606. The van der Waals surface area contributed by atoms with Crippen LogP contribution in [0.4, 0.5) is 0 Å². The number of imidazole rings is 1. The summed E-state index contributed by atoms with van der Waals surface area (Å²) in [5.74, 6) is 0.00172. The predicted octanol–water partition coefficient (Wildman–Crippen LogP) is 1.26. The van der Waals surface area contributed by atoms with Crippen LogP contribution in [0.1, 0.15) is 18.4 Å². The predicted molar refractivity (Wildman–Crippen MR) is 91.9 cm³/mol. The van der Waals surface area contributed by atoms with E-state index in [0.717, 1.165) is 32.5 Å². The number of piperidine rings is 3. The summed E-state index contributed by atoms with van der Waals surface area (Å²) in [7, 11) is 0. The van der Waals surface area contributed by atoms with Crippen LogP contribution in [0.25, 0.3) is 0 Å². The number of hydrogen-bond acceptors (Lipinski definition) is 5. The van der Waals surface area contributed by atoms with Gasteiger partial charge in [-0.25, -0.2) is 9.78 Å². The van der Waals surface area contributed by atoms with E-state index in [1.807, 2.05) is 30.3 Å². The number of aliphatic hydroxyl groups excluding tert-OH is 1. The van der Waals surface area contributed by atoms with E-state index in [4.69, 9.17) is 4.74 Å². The molecule has 4 heterocycles. The number of fused-ring (bicyclic) bond motifs is 3. The van der Waals surface area contributed by atoms with Gasteiger partial charge in [0.05, 0.1) is 12.9 Å². The zero-order valence-corrected chi connectivity index (χ0v) is 14.1. The Balaban J connectivity index is 1.67. The van der Waals surface area contributed by atoms with Crippen LogP contribution in [0.3, 0.4) is 0 Å². The molecule has 0 spiro atoms. The van der Waals surface area contributed by atoms with Crippen LogP contribution >= 0.6 is 0 Å². The molecule has 2 bridgehead atoms. The van der Waals surface area contributed by atoms with Gasteiger partial charge in [0.15, 0.2) is 5.54 Å². The molecular formula is C19H23N3O3. The van der Waals surface area contributed by atoms with Crippen molar-refractivity contribution in [1.29, 1.82) is 0 Å². The van der Waals surface area contributed by atoms with Crippen molar-refractivity contribution in [2.24, 2.45) is 5.92 Å². The summed E-state index contributed by atoms with van der Waals surface area (Å²) in [6, 6.07) is 9.29. The molecule has 3 fully saturated rings. The highest BCUT2D eigenvalue weighted by molar-refractivity contribution is 5.83. The zero-order chi connectivity index (χ0) is 17.3. The lowest BCUT2D eigenvalue weighted by Gasteiger charge is -2.45. The molecule has 5 rings (SSSR count). The second-order valence-electron chi connectivity index (χ2n) is 6.94. The molecule has 25 heavy (non-hydrogen) atoms. The van der Waals surface area contributed by atoms with Gasteiger partial charge in [0.1, 0.15) is 6.10 Å². The first kappa shape index (κ1) is 16.3. The first-order chi connectivity index (χ1) is 12.2. The molecule has 3 aliphatic heterocycles. The van der Waals surface area contributed by atoms with Gasteiger partial charge in [0.25, 0.3) is 0 Å². The normalized spacial score (nSPS) is 27.6. The van der Waals surface area contributed by atoms with Gasteiger partial charge in [-0.15, -0.1) is 0 Å². The molecule has 0 aliphatic carbocycles. The van der Waals surface area contributed by atoms with Crippen molar-refractivity contribution in [3.8, 4) is 0 Å². The van der Waals surface area contributed by atoms with Crippen molar-refractivity contribution in [1.82, 2.24) is 14.5 Å². The highest BCUT2D eigenvalue weighted by Gasteiger charge is 2.46. The van der Waals surface area contributed by atoms with Crippen molar-refractivity contribution in [3.05, 3.63) is 54.6 Å². The van der Waals surface area contributed by atoms with Gasteiger partial charge in [-0.05, 0) is 37.4 Å². The van der Waals surface area contributed by atoms with Crippen LogP contribution in [-0.2, 0) is 15.1 Å². The van der Waals surface area contributed by atoms with Crippen molar-refractivity contribution in [3.63, 3.8) is 0 Å². The van der Waals surface area contributed by atoms with Gasteiger partial charge in [-0.2, -0.15) is 0 Å². The van der Waals surface area contributed by atoms with Crippen LogP contribution < -0.4 is 0 Å². The number of benzene rings is 1. The second-order valence-corrected chi connectivity index (χ2v) is 6.94. The fourth-order valence-corrected chi connectivity index (χ4v) is 4.09. The largest absolute Gasteiger partial charge is 0.459 e. The molecule has 6 nitrogen and oxygen atoms in total. The van der Waals surface area contributed by atoms with E-state index < -0.39 is 11.5 Å². The number of aliphatic hydroxyl groups is 1. The number of rotatable bonds is 5. The summed E-state index contributed by atoms with van der Waals surface area (Å²) in [6.07, 6.45) is 6.89. The summed E-state index contributed by atoms with van der Waals surface area (Å²) < 4.78 is 7.62. The van der Waals surface area contributed by atoms with Gasteiger partial charge in [0, 0.05) is 18.9 Å². The summed E-state index contributed by atoms with van der Waals surface area (Å²) >= 11 is 0. The number of hydrogen-bond donors (Lipinski definition) is 1. The molecule has 3 aliphatic rings. The maximum absolute atomic E-state index is 13.3. The zero-order valence-electron chi connectivity index (χ0n) is 14.1. The number of carbonyl (C=O) groups is 1. The molecule has 0 saturated carbocycles. The first-order valence-electron chi connectivity index (χ1n) is 8.82. The molecule has 0 amide bonds. The fraction of sp³-hybridized carbons (Fsp3) is 0.474. The summed E-state index contributed by atoms with van der Waals surface area (Å²) in [4.78, 5) is 19.7. The van der Waals surface area contributed by atoms with E-state index in [0.29, 0.717) is 11.5 Å². The van der Waals surface area contributed by atoms with E-state index in [2.05, 4.69) is 9.88 Å². The second kappa shape index (κ2) is 6.61. The molecule has 1 aromatic carbocycles. The van der Waals surface area contributed by atoms with Gasteiger partial charge in [-0.1, -0.05) is 30.3 Å². The number of esters is 1. The Morgan fingerprint density at radius 2 is 2.04 bits per heavy atom. The van der Waals surface area contributed by atoms with Crippen LogP contribution in [-0.4, -0.2) is 57.9 Å². The van der Waals surface area contributed by atoms with Crippen LogP contribution in [0, 0.1) is 5.92 Å². The van der Waals surface area contributed by atoms with E-state index >= 15 is 0 Å². The molecule has 2 atom stereocenters. The fourth-order valence-electron chi connectivity index (χ4n) is 4.09. The molecule has 1 aromatic heterocycles. The third-order valence-electron chi connectivity index (χ3n) is 5.62. The molecule has 132 valence electrons. The van der Waals surface area contributed by atoms with Crippen LogP contribution in [0.15, 0.2) is 49.1 Å². The molecule has 1 unspecified atom stereocenters. The average molecular weight is 341 g/mol. The molecule has 0 radical (unpaired) electrons. The van der Waals surface area contributed by atoms with Gasteiger partial charge in [0.2, 0.25) is 0 Å². The smallest absolute Gasteiger partial charge is 0.339 e. The standard InChI is InChI=1S/C19H23N3O3/c23-13-19(22-11-8-20-14-22,16-4-2-1-3-5-16)18(24)25-17-12-21-9-6-15(17)7-10-21/h1-5,8,11,14-15,17,23H,6-7,9-10,12-13H2/t17?,19-/m1/s1. The van der Waals surface area contributed by atoms with Crippen molar-refractivity contribution in [2.75, 3.05) is 26.2 Å². The van der Waals surface area contributed by atoms with Gasteiger partial charge in [-0.3, -0.25) is 4.90 Å². The lowest BCUT2D eigenvalue weighted by Crippen LogP contribution is -2.55. The van der Waals surface area contributed by atoms with Crippen LogP contribution in [0.5, 0.6) is 0 Å². The van der Waals surface area contributed by atoms with Crippen molar-refractivity contribution >= 4 is 5.97 Å². The molecule has 1 N–H and O–H groups in total. The minimum absolute atomic E-state index is 0.104. The number of nitrogens with zero attached hydrogens (tertiary/aromatic N) is 3. The average Bonchev–Trinajstić information content (AvgIpc) is 3.20. The Morgan fingerprint density at radius 1 is 1.28 bits per heavy atom. The highest BCUT2D eigenvalue weighted by atomic mass is 16.5. The van der Waals surface area contributed by atoms with Crippen molar-refractivity contribution in [2.45, 2.75) is 24.5 Å². The number of ether oxygens (including phenoxy) is 1. The summed E-state index contributed by atoms with van der Waals surface area (Å²) in [6.45, 7) is 2.58. The van der Waals surface area contributed by atoms with E-state index in [9.17, 15) is 9.90 Å². The third-order valence-corrected chi connectivity index (χ3v) is 5.62. The number of aromatic nitrogens is 2. The lowest BCUT2D eigenvalue weighted by molar-refractivity contribution is -0.169. The van der Waals surface area contributed by atoms with Crippen molar-refractivity contribution < 1.29 is 14.6 Å². The quantitative estimate of drug-likeness (QED) is 0.829.